The number of carbonyl (C=O) groups excluding carboxylic acids is 1. The van der Waals surface area contributed by atoms with Gasteiger partial charge in [-0.15, -0.1) is 0 Å². The van der Waals surface area contributed by atoms with E-state index in [1.54, 1.807) is 12.3 Å². The maximum Gasteiger partial charge on any atom is 0.220 e. The fraction of sp³-hybridized carbons (Fsp3) is 0.200. The maximum atomic E-state index is 13.3. The number of nitrogens with one attached hydrogen (secondary N) is 1. The second-order valence-electron chi connectivity index (χ2n) is 6.04. The highest BCUT2D eigenvalue weighted by molar-refractivity contribution is 9.10. The monoisotopic (exact) mass is 416 g/mol. The third kappa shape index (κ3) is 5.02. The van der Waals surface area contributed by atoms with E-state index >= 15 is 0 Å². The maximum absolute atomic E-state index is 13.3. The highest BCUT2D eigenvalue weighted by Gasteiger charge is 2.09. The summed E-state index contributed by atoms with van der Waals surface area (Å²) in [6, 6.07) is 12.5. The zero-order chi connectivity index (χ0) is 18.5. The van der Waals surface area contributed by atoms with E-state index in [9.17, 15) is 9.18 Å². The molecule has 1 heterocycles. The van der Waals surface area contributed by atoms with Gasteiger partial charge in [-0.05, 0) is 30.7 Å². The lowest BCUT2D eigenvalue weighted by Gasteiger charge is -2.05. The van der Waals surface area contributed by atoms with Gasteiger partial charge in [0, 0.05) is 29.4 Å². The molecule has 26 heavy (non-hydrogen) atoms. The van der Waals surface area contributed by atoms with Crippen LogP contribution in [0.2, 0.25) is 0 Å². The van der Waals surface area contributed by atoms with Crippen LogP contribution in [0.25, 0.3) is 11.3 Å². The largest absolute Gasteiger partial charge is 0.441 e. The van der Waals surface area contributed by atoms with Gasteiger partial charge in [-0.2, -0.15) is 0 Å². The number of carbonyl (C=O) groups is 1. The molecule has 3 rings (SSSR count). The second kappa shape index (κ2) is 8.27. The molecular weight excluding hydrogens is 399 g/mol. The van der Waals surface area contributed by atoms with Gasteiger partial charge in [0.05, 0.1) is 6.20 Å². The number of hydrogen-bond donors (Lipinski definition) is 1. The molecule has 134 valence electrons. The topological polar surface area (TPSA) is 55.1 Å². The molecule has 0 radical (unpaired) electrons. The van der Waals surface area contributed by atoms with Crippen molar-refractivity contribution in [3.63, 3.8) is 0 Å². The minimum Gasteiger partial charge on any atom is -0.441 e. The number of hydrogen-bond acceptors (Lipinski definition) is 3. The van der Waals surface area contributed by atoms with Crippen LogP contribution in [0.1, 0.15) is 23.4 Å². The lowest BCUT2D eigenvalue weighted by molar-refractivity contribution is -0.121. The van der Waals surface area contributed by atoms with Gasteiger partial charge in [0.1, 0.15) is 5.82 Å². The van der Waals surface area contributed by atoms with Gasteiger partial charge in [-0.25, -0.2) is 9.37 Å². The van der Waals surface area contributed by atoms with Gasteiger partial charge in [0.2, 0.25) is 5.91 Å². The number of oxazole rings is 1. The van der Waals surface area contributed by atoms with Crippen molar-refractivity contribution in [1.29, 1.82) is 0 Å². The van der Waals surface area contributed by atoms with Crippen molar-refractivity contribution in [3.8, 4) is 11.3 Å². The molecule has 0 aliphatic heterocycles. The van der Waals surface area contributed by atoms with Crippen molar-refractivity contribution >= 4 is 21.8 Å². The highest BCUT2D eigenvalue weighted by Crippen LogP contribution is 2.21. The molecule has 0 saturated heterocycles. The van der Waals surface area contributed by atoms with Gasteiger partial charge in [-0.3, -0.25) is 4.79 Å². The smallest absolute Gasteiger partial charge is 0.220 e. The van der Waals surface area contributed by atoms with Crippen LogP contribution in [0.5, 0.6) is 0 Å². The number of nitrogens with zero attached hydrogens (tertiary/aromatic N) is 1. The molecule has 1 N–H and O–H groups in total. The van der Waals surface area contributed by atoms with E-state index in [4.69, 9.17) is 4.42 Å². The predicted octanol–water partition coefficient (Wildman–Crippen LogP) is 4.80. The zero-order valence-corrected chi connectivity index (χ0v) is 15.8. The molecule has 0 fully saturated rings. The first kappa shape index (κ1) is 18.3. The van der Waals surface area contributed by atoms with Crippen LogP contribution in [-0.4, -0.2) is 10.9 Å². The Morgan fingerprint density at radius 2 is 2.00 bits per heavy atom. The van der Waals surface area contributed by atoms with Crippen molar-refractivity contribution < 1.29 is 13.6 Å². The molecule has 0 atom stereocenters. The number of benzene rings is 2. The average molecular weight is 417 g/mol. The van der Waals surface area contributed by atoms with E-state index in [0.717, 1.165) is 5.56 Å². The number of amides is 1. The Labute approximate surface area is 159 Å². The molecule has 0 aliphatic carbocycles. The Morgan fingerprint density at radius 3 is 2.73 bits per heavy atom. The summed E-state index contributed by atoms with van der Waals surface area (Å²) < 4.78 is 19.7. The first-order chi connectivity index (χ1) is 12.5. The fourth-order valence-electron chi connectivity index (χ4n) is 2.50. The summed E-state index contributed by atoms with van der Waals surface area (Å²) in [5.74, 6) is 0.724. The quantitative estimate of drug-likeness (QED) is 0.627. The number of aryl methyl sites for hydroxylation is 2. The number of aromatic nitrogens is 1. The van der Waals surface area contributed by atoms with Gasteiger partial charge in [0.15, 0.2) is 11.7 Å². The van der Waals surface area contributed by atoms with Gasteiger partial charge in [-0.1, -0.05) is 45.8 Å². The molecular formula is C20H18BrFN2O2. The van der Waals surface area contributed by atoms with Crippen LogP contribution in [-0.2, 0) is 17.8 Å². The third-order valence-electron chi connectivity index (χ3n) is 3.87. The Kier molecular flexibility index (Phi) is 5.83. The van der Waals surface area contributed by atoms with Crippen molar-refractivity contribution in [2.24, 2.45) is 0 Å². The molecule has 0 bridgehead atoms. The zero-order valence-electron chi connectivity index (χ0n) is 14.3. The Balaban J connectivity index is 1.51. The van der Waals surface area contributed by atoms with E-state index in [0.29, 0.717) is 28.1 Å². The standard InChI is InChI=1S/C20H18BrFN2O2/c1-13-2-4-15(5-3-13)18-12-24-20(26-18)7-6-19(25)23-11-14-8-16(21)10-17(22)9-14/h2-5,8-10,12H,6-7,11H2,1H3,(H,23,25). The fourth-order valence-corrected chi connectivity index (χ4v) is 3.01. The molecule has 1 amide bonds. The van der Waals surface area contributed by atoms with Crippen LogP contribution in [0, 0.1) is 12.7 Å². The SMILES string of the molecule is Cc1ccc(-c2cnc(CCC(=O)NCc3cc(F)cc(Br)c3)o2)cc1. The van der Waals surface area contributed by atoms with Crippen molar-refractivity contribution in [3.05, 3.63) is 76.0 Å². The highest BCUT2D eigenvalue weighted by atomic mass is 79.9. The third-order valence-corrected chi connectivity index (χ3v) is 4.33. The Hall–Kier alpha value is -2.47. The van der Waals surface area contributed by atoms with Crippen LogP contribution in [0.3, 0.4) is 0 Å². The number of halogens is 2. The second-order valence-corrected chi connectivity index (χ2v) is 6.95. The van der Waals surface area contributed by atoms with Crippen LogP contribution in [0.15, 0.2) is 57.6 Å². The molecule has 4 nitrogen and oxygen atoms in total. The minimum atomic E-state index is -0.341. The lowest BCUT2D eigenvalue weighted by atomic mass is 10.1. The molecule has 0 spiro atoms. The Morgan fingerprint density at radius 1 is 1.23 bits per heavy atom. The molecule has 0 unspecified atom stereocenters. The summed E-state index contributed by atoms with van der Waals surface area (Å²) in [7, 11) is 0. The van der Waals surface area contributed by atoms with E-state index in [1.807, 2.05) is 31.2 Å². The molecule has 3 aromatic rings. The van der Waals surface area contributed by atoms with Gasteiger partial charge in [0.25, 0.3) is 0 Å². The van der Waals surface area contributed by atoms with Crippen molar-refractivity contribution in [2.45, 2.75) is 26.3 Å². The van der Waals surface area contributed by atoms with Crippen LogP contribution >= 0.6 is 15.9 Å². The summed E-state index contributed by atoms with van der Waals surface area (Å²) in [5.41, 5.74) is 2.83. The van der Waals surface area contributed by atoms with Crippen molar-refractivity contribution in [1.82, 2.24) is 10.3 Å². The normalized spacial score (nSPS) is 10.7. The average Bonchev–Trinajstić information content (AvgIpc) is 3.07. The summed E-state index contributed by atoms with van der Waals surface area (Å²) >= 11 is 3.23. The molecule has 0 aliphatic rings. The summed E-state index contributed by atoms with van der Waals surface area (Å²) in [6.07, 6.45) is 2.33. The van der Waals surface area contributed by atoms with Gasteiger partial charge < -0.3 is 9.73 Å². The molecule has 0 saturated carbocycles. The van der Waals surface area contributed by atoms with Crippen LogP contribution in [0.4, 0.5) is 4.39 Å². The molecule has 2 aromatic carbocycles. The van der Waals surface area contributed by atoms with E-state index in [1.165, 1.54) is 17.7 Å². The first-order valence-electron chi connectivity index (χ1n) is 8.23. The van der Waals surface area contributed by atoms with Gasteiger partial charge >= 0.3 is 0 Å². The summed E-state index contributed by atoms with van der Waals surface area (Å²) in [5, 5.41) is 2.77. The summed E-state index contributed by atoms with van der Waals surface area (Å²) in [6.45, 7) is 2.30. The first-order valence-corrected chi connectivity index (χ1v) is 9.02. The van der Waals surface area contributed by atoms with Crippen molar-refractivity contribution in [2.75, 3.05) is 0 Å². The molecule has 1 aromatic heterocycles. The van der Waals surface area contributed by atoms with E-state index in [2.05, 4.69) is 26.2 Å². The van der Waals surface area contributed by atoms with Crippen LogP contribution < -0.4 is 5.32 Å². The summed E-state index contributed by atoms with van der Waals surface area (Å²) in [4.78, 5) is 16.2. The minimum absolute atomic E-state index is 0.138. The Bertz CT molecular complexity index is 886. The van der Waals surface area contributed by atoms with E-state index in [-0.39, 0.29) is 24.7 Å². The lowest BCUT2D eigenvalue weighted by Crippen LogP contribution is -2.23. The van der Waals surface area contributed by atoms with E-state index < -0.39 is 0 Å². The predicted molar refractivity (Wildman–Crippen MR) is 101 cm³/mol. The molecule has 6 heteroatoms. The number of rotatable bonds is 6.